The van der Waals surface area contributed by atoms with Gasteiger partial charge in [0, 0.05) is 28.7 Å². The van der Waals surface area contributed by atoms with E-state index in [9.17, 15) is 14.4 Å². The summed E-state index contributed by atoms with van der Waals surface area (Å²) in [6.45, 7) is 6.11. The van der Waals surface area contributed by atoms with Crippen LogP contribution in [-0.4, -0.2) is 24.4 Å². The highest BCUT2D eigenvalue weighted by atomic mass is 79.9. The molecule has 3 rings (SSSR count). The zero-order valence-corrected chi connectivity index (χ0v) is 22.8. The third-order valence-electron chi connectivity index (χ3n) is 5.37. The SMILES string of the molecule is CC(C)(C)c1ccc(Oc2ccc(NC(=O)CCCC(=O)OCC(=O)Nc3ccc(Br)cc3)cc2)cc1. The van der Waals surface area contributed by atoms with Crippen molar-refractivity contribution < 1.29 is 23.9 Å². The van der Waals surface area contributed by atoms with Gasteiger partial charge >= 0.3 is 5.97 Å². The van der Waals surface area contributed by atoms with Gasteiger partial charge in [0.1, 0.15) is 11.5 Å². The van der Waals surface area contributed by atoms with Crippen LogP contribution in [0.1, 0.15) is 45.6 Å². The molecular weight excluding hydrogens is 536 g/mol. The number of esters is 1. The number of halogens is 1. The van der Waals surface area contributed by atoms with Crippen LogP contribution in [0.25, 0.3) is 0 Å². The van der Waals surface area contributed by atoms with Crippen LogP contribution in [0.3, 0.4) is 0 Å². The number of amides is 2. The molecule has 37 heavy (non-hydrogen) atoms. The Labute approximate surface area is 225 Å². The van der Waals surface area contributed by atoms with Crippen molar-refractivity contribution in [3.05, 3.63) is 82.8 Å². The van der Waals surface area contributed by atoms with E-state index in [0.29, 0.717) is 23.5 Å². The van der Waals surface area contributed by atoms with E-state index >= 15 is 0 Å². The van der Waals surface area contributed by atoms with E-state index in [1.54, 1.807) is 48.5 Å². The van der Waals surface area contributed by atoms with Gasteiger partial charge < -0.3 is 20.1 Å². The van der Waals surface area contributed by atoms with E-state index < -0.39 is 11.9 Å². The molecule has 0 fully saturated rings. The van der Waals surface area contributed by atoms with Gasteiger partial charge in [-0.25, -0.2) is 0 Å². The molecule has 7 nitrogen and oxygen atoms in total. The molecular formula is C29H31BrN2O5. The summed E-state index contributed by atoms with van der Waals surface area (Å²) in [5.74, 6) is 0.224. The molecule has 194 valence electrons. The number of ether oxygens (including phenoxy) is 2. The Kier molecular flexibility index (Phi) is 9.85. The normalized spacial score (nSPS) is 10.9. The maximum absolute atomic E-state index is 12.2. The van der Waals surface area contributed by atoms with Gasteiger partial charge in [-0.1, -0.05) is 48.8 Å². The van der Waals surface area contributed by atoms with E-state index in [-0.39, 0.29) is 30.8 Å². The largest absolute Gasteiger partial charge is 0.457 e. The van der Waals surface area contributed by atoms with Crippen molar-refractivity contribution in [2.24, 2.45) is 0 Å². The first-order chi connectivity index (χ1) is 17.6. The number of rotatable bonds is 10. The number of hydrogen-bond donors (Lipinski definition) is 2. The lowest BCUT2D eigenvalue weighted by molar-refractivity contribution is -0.147. The fraction of sp³-hybridized carbons (Fsp3) is 0.276. The van der Waals surface area contributed by atoms with Gasteiger partial charge in [-0.05, 0) is 78.1 Å². The first-order valence-electron chi connectivity index (χ1n) is 12.0. The molecule has 0 bridgehead atoms. The third-order valence-corrected chi connectivity index (χ3v) is 5.90. The number of anilines is 2. The summed E-state index contributed by atoms with van der Waals surface area (Å²) >= 11 is 3.32. The second kappa shape index (κ2) is 13.1. The van der Waals surface area contributed by atoms with Crippen molar-refractivity contribution >= 4 is 45.1 Å². The summed E-state index contributed by atoms with van der Waals surface area (Å²) in [5, 5.41) is 5.44. The van der Waals surface area contributed by atoms with Crippen LogP contribution in [0.4, 0.5) is 11.4 Å². The predicted octanol–water partition coefficient (Wildman–Crippen LogP) is 6.83. The van der Waals surface area contributed by atoms with Crippen LogP contribution in [0.5, 0.6) is 11.5 Å². The molecule has 2 amide bonds. The van der Waals surface area contributed by atoms with E-state index in [4.69, 9.17) is 9.47 Å². The molecule has 0 spiro atoms. The molecule has 0 aliphatic heterocycles. The van der Waals surface area contributed by atoms with Crippen LogP contribution >= 0.6 is 15.9 Å². The maximum Gasteiger partial charge on any atom is 0.306 e. The van der Waals surface area contributed by atoms with Gasteiger partial charge in [0.2, 0.25) is 5.91 Å². The van der Waals surface area contributed by atoms with Crippen molar-refractivity contribution in [1.82, 2.24) is 0 Å². The first-order valence-corrected chi connectivity index (χ1v) is 12.8. The number of benzene rings is 3. The smallest absolute Gasteiger partial charge is 0.306 e. The minimum absolute atomic E-state index is 0.0414. The Morgan fingerprint density at radius 1 is 0.730 bits per heavy atom. The first kappa shape index (κ1) is 27.9. The van der Waals surface area contributed by atoms with E-state index in [1.807, 2.05) is 12.1 Å². The predicted molar refractivity (Wildman–Crippen MR) is 148 cm³/mol. The minimum atomic E-state index is -0.532. The lowest BCUT2D eigenvalue weighted by atomic mass is 9.87. The monoisotopic (exact) mass is 566 g/mol. The fourth-order valence-corrected chi connectivity index (χ4v) is 3.59. The molecule has 0 aliphatic rings. The summed E-state index contributed by atoms with van der Waals surface area (Å²) in [6.07, 6.45) is 0.503. The molecule has 3 aromatic carbocycles. The van der Waals surface area contributed by atoms with Crippen molar-refractivity contribution in [1.29, 1.82) is 0 Å². The highest BCUT2D eigenvalue weighted by Crippen LogP contribution is 2.27. The van der Waals surface area contributed by atoms with Crippen LogP contribution < -0.4 is 15.4 Å². The summed E-state index contributed by atoms with van der Waals surface area (Å²) in [4.78, 5) is 36.0. The standard InChI is InChI=1S/C29H31BrN2O5/c1-29(2,3)20-7-15-24(16-8-20)37-25-17-13-23(14-18-25)31-26(33)5-4-6-28(35)36-19-27(34)32-22-11-9-21(30)10-12-22/h7-18H,4-6,19H2,1-3H3,(H,31,33)(H,32,34). The maximum atomic E-state index is 12.2. The van der Waals surface area contributed by atoms with Crippen LogP contribution in [-0.2, 0) is 24.5 Å². The Morgan fingerprint density at radius 3 is 1.81 bits per heavy atom. The van der Waals surface area contributed by atoms with Crippen molar-refractivity contribution in [3.63, 3.8) is 0 Å². The third kappa shape index (κ3) is 9.73. The Morgan fingerprint density at radius 2 is 1.24 bits per heavy atom. The molecule has 0 heterocycles. The molecule has 0 atom stereocenters. The lowest BCUT2D eigenvalue weighted by Gasteiger charge is -2.19. The topological polar surface area (TPSA) is 93.7 Å². The van der Waals surface area contributed by atoms with E-state index in [0.717, 1.165) is 10.2 Å². The van der Waals surface area contributed by atoms with E-state index in [1.165, 1.54) is 5.56 Å². The van der Waals surface area contributed by atoms with Gasteiger partial charge in [0.15, 0.2) is 6.61 Å². The molecule has 2 N–H and O–H groups in total. The number of carbonyl (C=O) groups is 3. The average molecular weight is 567 g/mol. The van der Waals surface area contributed by atoms with Gasteiger partial charge in [-0.3, -0.25) is 14.4 Å². The molecule has 0 saturated carbocycles. The highest BCUT2D eigenvalue weighted by Gasteiger charge is 2.13. The highest BCUT2D eigenvalue weighted by molar-refractivity contribution is 9.10. The molecule has 0 radical (unpaired) electrons. The fourth-order valence-electron chi connectivity index (χ4n) is 3.33. The second-order valence-electron chi connectivity index (χ2n) is 9.52. The Bertz CT molecular complexity index is 1200. The lowest BCUT2D eigenvalue weighted by Crippen LogP contribution is -2.21. The Hall–Kier alpha value is -3.65. The van der Waals surface area contributed by atoms with Crippen LogP contribution in [0.15, 0.2) is 77.3 Å². The summed E-state index contributed by atoms with van der Waals surface area (Å²) in [6, 6.07) is 22.1. The van der Waals surface area contributed by atoms with E-state index in [2.05, 4.69) is 59.5 Å². The van der Waals surface area contributed by atoms with Gasteiger partial charge in [-0.2, -0.15) is 0 Å². The molecule has 0 saturated heterocycles. The molecule has 0 aliphatic carbocycles. The number of hydrogen-bond acceptors (Lipinski definition) is 5. The zero-order valence-electron chi connectivity index (χ0n) is 21.2. The molecule has 3 aromatic rings. The number of carbonyl (C=O) groups excluding carboxylic acids is 3. The minimum Gasteiger partial charge on any atom is -0.457 e. The van der Waals surface area contributed by atoms with Crippen molar-refractivity contribution in [3.8, 4) is 11.5 Å². The van der Waals surface area contributed by atoms with Crippen LogP contribution in [0, 0.1) is 0 Å². The Balaban J connectivity index is 1.34. The quantitative estimate of drug-likeness (QED) is 0.262. The number of nitrogens with one attached hydrogen (secondary N) is 2. The summed E-state index contributed by atoms with van der Waals surface area (Å²) < 4.78 is 11.8. The molecule has 8 heteroatoms. The van der Waals surface area contributed by atoms with Crippen molar-refractivity contribution in [2.75, 3.05) is 17.2 Å². The van der Waals surface area contributed by atoms with Crippen LogP contribution in [0.2, 0.25) is 0 Å². The average Bonchev–Trinajstić information content (AvgIpc) is 2.85. The summed E-state index contributed by atoms with van der Waals surface area (Å²) in [5.41, 5.74) is 2.55. The second-order valence-corrected chi connectivity index (χ2v) is 10.4. The summed E-state index contributed by atoms with van der Waals surface area (Å²) in [7, 11) is 0. The molecule has 0 aromatic heterocycles. The van der Waals surface area contributed by atoms with Gasteiger partial charge in [-0.15, -0.1) is 0 Å². The van der Waals surface area contributed by atoms with Gasteiger partial charge in [0.25, 0.3) is 5.91 Å². The molecule has 0 unspecified atom stereocenters. The zero-order chi connectivity index (χ0) is 26.8. The van der Waals surface area contributed by atoms with Gasteiger partial charge in [0.05, 0.1) is 0 Å². The van der Waals surface area contributed by atoms with Crippen molar-refractivity contribution in [2.45, 2.75) is 45.4 Å².